The van der Waals surface area contributed by atoms with Gasteiger partial charge >= 0.3 is 0 Å². The summed E-state index contributed by atoms with van der Waals surface area (Å²) in [5, 5.41) is 3.26. The molecule has 18 heavy (non-hydrogen) atoms. The Balaban J connectivity index is 1.89. The van der Waals surface area contributed by atoms with Crippen LogP contribution in [0.5, 0.6) is 5.75 Å². The molecule has 0 unspecified atom stereocenters. The van der Waals surface area contributed by atoms with Crippen LogP contribution in [0.15, 0.2) is 24.4 Å². The van der Waals surface area contributed by atoms with Crippen LogP contribution in [0.3, 0.4) is 0 Å². The van der Waals surface area contributed by atoms with Crippen LogP contribution >= 0.6 is 0 Å². The van der Waals surface area contributed by atoms with E-state index in [0.29, 0.717) is 5.92 Å². The van der Waals surface area contributed by atoms with Gasteiger partial charge in [0.05, 0.1) is 19.0 Å². The maximum absolute atomic E-state index is 5.27. The summed E-state index contributed by atoms with van der Waals surface area (Å²) in [5.41, 5.74) is 3.36. The number of H-pyrrole nitrogens is 1. The van der Waals surface area contributed by atoms with Gasteiger partial charge in [-0.15, -0.1) is 0 Å². The Hall–Kier alpha value is -1.81. The highest BCUT2D eigenvalue weighted by molar-refractivity contribution is 5.61. The molecule has 1 fully saturated rings. The third kappa shape index (κ3) is 1.88. The second-order valence-electron chi connectivity index (χ2n) is 4.72. The Bertz CT molecular complexity index is 558. The minimum atomic E-state index is 0.540. The van der Waals surface area contributed by atoms with E-state index in [1.807, 2.05) is 12.3 Å². The van der Waals surface area contributed by atoms with E-state index in [1.54, 1.807) is 7.11 Å². The van der Waals surface area contributed by atoms with Gasteiger partial charge in [0.1, 0.15) is 11.6 Å². The Morgan fingerprint density at radius 2 is 2.17 bits per heavy atom. The van der Waals surface area contributed by atoms with Crippen LogP contribution < -0.4 is 10.1 Å². The molecular weight excluding hydrogens is 226 g/mol. The van der Waals surface area contributed by atoms with Crippen LogP contribution in [0.2, 0.25) is 0 Å². The third-order valence-electron chi connectivity index (χ3n) is 3.47. The zero-order valence-corrected chi connectivity index (χ0v) is 10.7. The Morgan fingerprint density at radius 1 is 1.33 bits per heavy atom. The van der Waals surface area contributed by atoms with E-state index in [-0.39, 0.29) is 0 Å². The van der Waals surface area contributed by atoms with Gasteiger partial charge in [-0.25, -0.2) is 4.98 Å². The number of aromatic amines is 1. The molecule has 2 aromatic rings. The summed E-state index contributed by atoms with van der Waals surface area (Å²) in [6, 6.07) is 6.17. The topological polar surface area (TPSA) is 49.9 Å². The highest BCUT2D eigenvalue weighted by Gasteiger charge is 2.21. The van der Waals surface area contributed by atoms with E-state index < -0.39 is 0 Å². The second-order valence-corrected chi connectivity index (χ2v) is 4.72. The molecule has 2 heterocycles. The molecule has 1 saturated heterocycles. The summed E-state index contributed by atoms with van der Waals surface area (Å²) < 4.78 is 5.27. The zero-order valence-electron chi connectivity index (χ0n) is 10.7. The monoisotopic (exact) mass is 243 g/mol. The number of ether oxygens (including phenoxy) is 1. The van der Waals surface area contributed by atoms with Crippen LogP contribution in [0, 0.1) is 6.92 Å². The molecule has 4 nitrogen and oxygen atoms in total. The van der Waals surface area contributed by atoms with Gasteiger partial charge in [-0.05, 0) is 30.7 Å². The number of hydrogen-bond donors (Lipinski definition) is 2. The molecule has 2 N–H and O–H groups in total. The normalized spacial score (nSPS) is 15.4. The first kappa shape index (κ1) is 11.3. The van der Waals surface area contributed by atoms with Gasteiger partial charge in [-0.1, -0.05) is 0 Å². The lowest BCUT2D eigenvalue weighted by molar-refractivity contribution is 0.412. The van der Waals surface area contributed by atoms with Crippen molar-refractivity contribution in [3.8, 4) is 17.0 Å². The van der Waals surface area contributed by atoms with Crippen LogP contribution in [-0.4, -0.2) is 30.2 Å². The minimum absolute atomic E-state index is 0.540. The number of rotatable bonds is 3. The maximum Gasteiger partial charge on any atom is 0.121 e. The average Bonchev–Trinajstić information content (AvgIpc) is 2.76. The lowest BCUT2D eigenvalue weighted by Crippen LogP contribution is -2.40. The predicted octanol–water partition coefficient (Wildman–Crippen LogP) is 2.08. The number of nitrogens with zero attached hydrogens (tertiary/aromatic N) is 1. The Kier molecular flexibility index (Phi) is 2.80. The molecule has 94 valence electrons. The molecule has 0 radical (unpaired) electrons. The zero-order chi connectivity index (χ0) is 12.5. The van der Waals surface area contributed by atoms with Crippen molar-refractivity contribution in [3.63, 3.8) is 0 Å². The summed E-state index contributed by atoms with van der Waals surface area (Å²) >= 11 is 0. The van der Waals surface area contributed by atoms with E-state index in [9.17, 15) is 0 Å². The molecule has 1 aliphatic heterocycles. The van der Waals surface area contributed by atoms with Gasteiger partial charge in [-0.2, -0.15) is 0 Å². The van der Waals surface area contributed by atoms with E-state index in [1.165, 1.54) is 0 Å². The highest BCUT2D eigenvalue weighted by atomic mass is 16.5. The SMILES string of the molecule is COc1ccc(-c2cnc(C3CNC3)[nH]2)cc1C. The standard InChI is InChI=1S/C14H17N3O/c1-9-5-10(3-4-13(9)18-2)12-8-16-14(17-12)11-6-15-7-11/h3-5,8,11,15H,6-7H2,1-2H3,(H,16,17). The molecule has 0 saturated carbocycles. The van der Waals surface area contributed by atoms with E-state index in [0.717, 1.165) is 41.5 Å². The smallest absolute Gasteiger partial charge is 0.121 e. The average molecular weight is 243 g/mol. The van der Waals surface area contributed by atoms with Gasteiger partial charge in [0.15, 0.2) is 0 Å². The van der Waals surface area contributed by atoms with Crippen LogP contribution in [0.25, 0.3) is 11.3 Å². The quantitative estimate of drug-likeness (QED) is 0.867. The Labute approximate surface area is 106 Å². The van der Waals surface area contributed by atoms with E-state index >= 15 is 0 Å². The van der Waals surface area contributed by atoms with Crippen molar-refractivity contribution in [2.75, 3.05) is 20.2 Å². The van der Waals surface area contributed by atoms with Crippen LogP contribution in [0.4, 0.5) is 0 Å². The maximum atomic E-state index is 5.27. The lowest BCUT2D eigenvalue weighted by atomic mass is 10.0. The second kappa shape index (κ2) is 4.46. The molecule has 3 rings (SSSR count). The fraction of sp³-hybridized carbons (Fsp3) is 0.357. The molecule has 1 aromatic carbocycles. The highest BCUT2D eigenvalue weighted by Crippen LogP contribution is 2.26. The van der Waals surface area contributed by atoms with Crippen molar-refractivity contribution in [1.29, 1.82) is 0 Å². The van der Waals surface area contributed by atoms with Crippen molar-refractivity contribution >= 4 is 0 Å². The number of nitrogens with one attached hydrogen (secondary N) is 2. The number of hydrogen-bond acceptors (Lipinski definition) is 3. The summed E-state index contributed by atoms with van der Waals surface area (Å²) in [6.07, 6.45) is 1.91. The molecule has 1 aliphatic rings. The predicted molar refractivity (Wildman–Crippen MR) is 70.9 cm³/mol. The number of aromatic nitrogens is 2. The first-order valence-corrected chi connectivity index (χ1v) is 6.18. The molecule has 1 aromatic heterocycles. The molecule has 4 heteroatoms. The number of imidazole rings is 1. The first-order valence-electron chi connectivity index (χ1n) is 6.18. The molecule has 0 amide bonds. The fourth-order valence-electron chi connectivity index (χ4n) is 2.22. The minimum Gasteiger partial charge on any atom is -0.496 e. The van der Waals surface area contributed by atoms with Gasteiger partial charge in [-0.3, -0.25) is 0 Å². The molecule has 0 spiro atoms. The van der Waals surface area contributed by atoms with Crippen molar-refractivity contribution in [3.05, 3.63) is 35.8 Å². The van der Waals surface area contributed by atoms with Crippen molar-refractivity contribution in [2.24, 2.45) is 0 Å². The molecular formula is C14H17N3O. The summed E-state index contributed by atoms with van der Waals surface area (Å²) in [4.78, 5) is 7.86. The van der Waals surface area contributed by atoms with Gasteiger partial charge < -0.3 is 15.0 Å². The van der Waals surface area contributed by atoms with Gasteiger partial charge in [0, 0.05) is 24.6 Å². The van der Waals surface area contributed by atoms with Gasteiger partial charge in [0.25, 0.3) is 0 Å². The number of aryl methyl sites for hydroxylation is 1. The van der Waals surface area contributed by atoms with Crippen LogP contribution in [-0.2, 0) is 0 Å². The molecule has 0 bridgehead atoms. The Morgan fingerprint density at radius 3 is 2.78 bits per heavy atom. The van der Waals surface area contributed by atoms with Crippen LogP contribution in [0.1, 0.15) is 17.3 Å². The summed E-state index contributed by atoms with van der Waals surface area (Å²) in [7, 11) is 1.69. The largest absolute Gasteiger partial charge is 0.496 e. The molecule has 0 aliphatic carbocycles. The number of methoxy groups -OCH3 is 1. The lowest BCUT2D eigenvalue weighted by Gasteiger charge is -2.24. The summed E-state index contributed by atoms with van der Waals surface area (Å²) in [5.74, 6) is 2.54. The van der Waals surface area contributed by atoms with E-state index in [2.05, 4.69) is 34.3 Å². The first-order chi connectivity index (χ1) is 8.78. The summed E-state index contributed by atoms with van der Waals surface area (Å²) in [6.45, 7) is 4.10. The number of benzene rings is 1. The molecule has 0 atom stereocenters. The van der Waals surface area contributed by atoms with Crippen molar-refractivity contribution < 1.29 is 4.74 Å². The van der Waals surface area contributed by atoms with E-state index in [4.69, 9.17) is 4.74 Å². The van der Waals surface area contributed by atoms with Gasteiger partial charge in [0.2, 0.25) is 0 Å². The fourth-order valence-corrected chi connectivity index (χ4v) is 2.22. The third-order valence-corrected chi connectivity index (χ3v) is 3.47. The van der Waals surface area contributed by atoms with Crippen molar-refractivity contribution in [2.45, 2.75) is 12.8 Å². The van der Waals surface area contributed by atoms with Crippen molar-refractivity contribution in [1.82, 2.24) is 15.3 Å².